The van der Waals surface area contributed by atoms with E-state index in [1.807, 2.05) is 35.3 Å². The lowest BCUT2D eigenvalue weighted by Crippen LogP contribution is -2.13. The summed E-state index contributed by atoms with van der Waals surface area (Å²) >= 11 is 0. The van der Waals surface area contributed by atoms with Crippen LogP contribution in [0.15, 0.2) is 30.7 Å². The molecule has 9 heteroatoms. The van der Waals surface area contributed by atoms with Gasteiger partial charge in [0.25, 0.3) is 0 Å². The SMILES string of the molecule is Cc1cnn(C)c1-c1cc2c(n3cnnc13)NCc1c(F)ccc3c1[C@H](CO3)CO2. The van der Waals surface area contributed by atoms with E-state index in [1.165, 1.54) is 6.07 Å². The van der Waals surface area contributed by atoms with Crippen molar-refractivity contribution >= 4 is 11.5 Å². The van der Waals surface area contributed by atoms with Gasteiger partial charge in [0.1, 0.15) is 17.9 Å². The minimum Gasteiger partial charge on any atom is -0.493 e. The lowest BCUT2D eigenvalue weighted by Gasteiger charge is -2.17. The van der Waals surface area contributed by atoms with E-state index in [-0.39, 0.29) is 11.7 Å². The molecule has 30 heavy (non-hydrogen) atoms. The number of ether oxygens (including phenoxy) is 2. The predicted molar refractivity (Wildman–Crippen MR) is 107 cm³/mol. The Labute approximate surface area is 171 Å². The third kappa shape index (κ3) is 2.35. The Morgan fingerprint density at radius 1 is 1.20 bits per heavy atom. The topological polar surface area (TPSA) is 78.5 Å². The van der Waals surface area contributed by atoms with E-state index in [0.717, 1.165) is 28.1 Å². The zero-order chi connectivity index (χ0) is 20.4. The summed E-state index contributed by atoms with van der Waals surface area (Å²) in [4.78, 5) is 0. The molecule has 1 aromatic carbocycles. The number of fused-ring (bicyclic) bond motifs is 3. The van der Waals surface area contributed by atoms with Crippen LogP contribution in [-0.4, -0.2) is 37.6 Å². The van der Waals surface area contributed by atoms with Crippen molar-refractivity contribution in [1.29, 1.82) is 0 Å². The van der Waals surface area contributed by atoms with Crippen molar-refractivity contribution in [2.45, 2.75) is 19.4 Å². The fraction of sp³-hybridized carbons (Fsp3) is 0.286. The smallest absolute Gasteiger partial charge is 0.171 e. The Balaban J connectivity index is 1.54. The van der Waals surface area contributed by atoms with Gasteiger partial charge in [-0.2, -0.15) is 5.10 Å². The first-order chi connectivity index (χ1) is 14.6. The maximum atomic E-state index is 14.7. The van der Waals surface area contributed by atoms with Crippen LogP contribution in [0.2, 0.25) is 0 Å². The summed E-state index contributed by atoms with van der Waals surface area (Å²) in [6.07, 6.45) is 3.46. The summed E-state index contributed by atoms with van der Waals surface area (Å²) in [5.74, 6) is 1.80. The summed E-state index contributed by atoms with van der Waals surface area (Å²) in [6, 6.07) is 5.11. The molecule has 152 valence electrons. The normalized spacial score (nSPS) is 17.2. The van der Waals surface area contributed by atoms with E-state index >= 15 is 0 Å². The molecule has 1 atom stereocenters. The van der Waals surface area contributed by atoms with Gasteiger partial charge >= 0.3 is 0 Å². The van der Waals surface area contributed by atoms with E-state index in [4.69, 9.17) is 9.47 Å². The van der Waals surface area contributed by atoms with Crippen LogP contribution in [0.3, 0.4) is 0 Å². The van der Waals surface area contributed by atoms with Crippen molar-refractivity contribution in [2.75, 3.05) is 18.5 Å². The fourth-order valence-corrected chi connectivity index (χ4v) is 4.49. The first-order valence-corrected chi connectivity index (χ1v) is 9.78. The van der Waals surface area contributed by atoms with Gasteiger partial charge in [-0.3, -0.25) is 9.08 Å². The summed E-state index contributed by atoms with van der Waals surface area (Å²) in [5.41, 5.74) is 5.02. The van der Waals surface area contributed by atoms with Gasteiger partial charge in [0.05, 0.1) is 31.0 Å². The molecule has 4 aromatic rings. The molecular formula is C21H19FN6O2. The van der Waals surface area contributed by atoms with Crippen molar-refractivity contribution < 1.29 is 13.9 Å². The summed E-state index contributed by atoms with van der Waals surface area (Å²) in [6.45, 7) is 3.18. The van der Waals surface area contributed by atoms with Gasteiger partial charge in [-0.15, -0.1) is 10.2 Å². The molecule has 1 N–H and O–H groups in total. The Hall–Kier alpha value is -3.62. The molecule has 0 spiro atoms. The van der Waals surface area contributed by atoms with Crippen LogP contribution < -0.4 is 14.8 Å². The van der Waals surface area contributed by atoms with E-state index < -0.39 is 0 Å². The number of pyridine rings is 1. The van der Waals surface area contributed by atoms with Gasteiger partial charge in [-0.05, 0) is 30.7 Å². The highest BCUT2D eigenvalue weighted by Gasteiger charge is 2.32. The van der Waals surface area contributed by atoms with Crippen LogP contribution >= 0.6 is 0 Å². The molecule has 0 fully saturated rings. The second-order valence-electron chi connectivity index (χ2n) is 7.71. The Morgan fingerprint density at radius 3 is 2.83 bits per heavy atom. The molecule has 0 radical (unpaired) electrons. The largest absolute Gasteiger partial charge is 0.493 e. The minimum absolute atomic E-state index is 0.0306. The van der Waals surface area contributed by atoms with Crippen molar-refractivity contribution in [1.82, 2.24) is 24.4 Å². The Kier molecular flexibility index (Phi) is 3.56. The van der Waals surface area contributed by atoms with Crippen LogP contribution in [-0.2, 0) is 13.6 Å². The number of benzene rings is 1. The quantitative estimate of drug-likeness (QED) is 0.524. The molecule has 5 heterocycles. The van der Waals surface area contributed by atoms with Crippen molar-refractivity contribution in [3.05, 3.63) is 53.2 Å². The van der Waals surface area contributed by atoms with Gasteiger partial charge in [0.2, 0.25) is 0 Å². The van der Waals surface area contributed by atoms with Gasteiger partial charge in [0.15, 0.2) is 17.2 Å². The lowest BCUT2D eigenvalue weighted by molar-refractivity contribution is 0.249. The number of hydrogen-bond donors (Lipinski definition) is 1. The van der Waals surface area contributed by atoms with Gasteiger partial charge < -0.3 is 14.8 Å². The highest BCUT2D eigenvalue weighted by atomic mass is 19.1. The number of aromatic nitrogens is 5. The van der Waals surface area contributed by atoms with Gasteiger partial charge in [-0.25, -0.2) is 4.39 Å². The van der Waals surface area contributed by atoms with E-state index in [1.54, 1.807) is 12.4 Å². The highest BCUT2D eigenvalue weighted by Crippen LogP contribution is 2.42. The number of aryl methyl sites for hydroxylation is 2. The van der Waals surface area contributed by atoms with Crippen LogP contribution in [0, 0.1) is 12.7 Å². The third-order valence-corrected chi connectivity index (χ3v) is 5.90. The van der Waals surface area contributed by atoms with E-state index in [9.17, 15) is 4.39 Å². The van der Waals surface area contributed by atoms with Crippen molar-refractivity contribution in [3.8, 4) is 22.8 Å². The number of nitrogens with zero attached hydrogens (tertiary/aromatic N) is 5. The van der Waals surface area contributed by atoms with Crippen LogP contribution in [0.1, 0.15) is 22.6 Å². The minimum atomic E-state index is -0.248. The molecule has 6 rings (SSSR count). The second-order valence-corrected chi connectivity index (χ2v) is 7.71. The number of anilines is 1. The maximum Gasteiger partial charge on any atom is 0.171 e. The second kappa shape index (κ2) is 6.19. The van der Waals surface area contributed by atoms with Crippen molar-refractivity contribution in [2.24, 2.45) is 7.05 Å². The van der Waals surface area contributed by atoms with Gasteiger partial charge in [0, 0.05) is 30.3 Å². The molecular weight excluding hydrogens is 387 g/mol. The van der Waals surface area contributed by atoms with Crippen LogP contribution in [0.4, 0.5) is 10.2 Å². The molecule has 2 aliphatic rings. The zero-order valence-corrected chi connectivity index (χ0v) is 16.5. The average molecular weight is 406 g/mol. The zero-order valence-electron chi connectivity index (χ0n) is 16.5. The molecule has 0 bridgehead atoms. The average Bonchev–Trinajstić information content (AvgIpc) is 3.45. The van der Waals surface area contributed by atoms with Gasteiger partial charge in [-0.1, -0.05) is 0 Å². The molecule has 3 aromatic heterocycles. The highest BCUT2D eigenvalue weighted by molar-refractivity contribution is 5.81. The van der Waals surface area contributed by atoms with Crippen LogP contribution in [0.5, 0.6) is 11.5 Å². The van der Waals surface area contributed by atoms with E-state index in [2.05, 4.69) is 20.6 Å². The monoisotopic (exact) mass is 406 g/mol. The summed E-state index contributed by atoms with van der Waals surface area (Å²) in [7, 11) is 1.90. The molecule has 2 aliphatic heterocycles. The summed E-state index contributed by atoms with van der Waals surface area (Å²) in [5, 5.41) is 16.1. The fourth-order valence-electron chi connectivity index (χ4n) is 4.49. The third-order valence-electron chi connectivity index (χ3n) is 5.90. The molecule has 0 aliphatic carbocycles. The first-order valence-electron chi connectivity index (χ1n) is 9.78. The molecule has 0 saturated carbocycles. The first kappa shape index (κ1) is 17.3. The lowest BCUT2D eigenvalue weighted by atomic mass is 9.96. The van der Waals surface area contributed by atoms with Crippen LogP contribution in [0.25, 0.3) is 16.9 Å². The summed E-state index contributed by atoms with van der Waals surface area (Å²) < 4.78 is 30.4. The molecule has 8 nitrogen and oxygen atoms in total. The Morgan fingerprint density at radius 2 is 2.03 bits per heavy atom. The number of hydrogen-bond acceptors (Lipinski definition) is 6. The standard InChI is InChI=1S/C21H19FN6O2/c1-11-6-25-27(2)19(11)13-5-17-21(28-10-24-26-20(13)28)23-7-14-15(22)3-4-16-18(14)12(8-29-16)9-30-17/h3-6,10,12,23H,7-9H2,1-2H3/t12-/m1/s1. The molecule has 0 amide bonds. The molecule has 0 unspecified atom stereocenters. The predicted octanol–water partition coefficient (Wildman–Crippen LogP) is 3.06. The number of halogens is 1. The van der Waals surface area contributed by atoms with Crippen molar-refractivity contribution in [3.63, 3.8) is 0 Å². The number of rotatable bonds is 1. The maximum absolute atomic E-state index is 14.7. The number of nitrogens with one attached hydrogen (secondary N) is 1. The Bertz CT molecular complexity index is 1290. The molecule has 0 saturated heterocycles. The van der Waals surface area contributed by atoms with E-state index in [0.29, 0.717) is 42.5 Å².